The molecular weight excluding hydrogens is 202 g/mol. The van der Waals surface area contributed by atoms with E-state index in [-0.39, 0.29) is 13.2 Å². The number of aliphatic hydroxyl groups is 5. The second-order valence-corrected chi connectivity index (χ2v) is 3.50. The first-order valence-electron chi connectivity index (χ1n) is 5.00. The minimum atomic E-state index is -1.29. The minimum absolute atomic E-state index is 0.0800. The van der Waals surface area contributed by atoms with Crippen molar-refractivity contribution in [2.24, 2.45) is 0 Å². The van der Waals surface area contributed by atoms with Gasteiger partial charge in [0, 0.05) is 6.54 Å². The highest BCUT2D eigenvalue weighted by Gasteiger charge is 2.38. The zero-order chi connectivity index (χ0) is 11.9. The fourth-order valence-electron chi connectivity index (χ4n) is 1.45. The topological polar surface area (TPSA) is 104 Å². The highest BCUT2D eigenvalue weighted by molar-refractivity contribution is 4.90. The zero-order valence-electron chi connectivity index (χ0n) is 9.00. The van der Waals surface area contributed by atoms with E-state index in [1.807, 2.05) is 0 Å². The van der Waals surface area contributed by atoms with Gasteiger partial charge in [-0.05, 0) is 6.42 Å². The molecule has 0 saturated carbocycles. The third kappa shape index (κ3) is 3.37. The van der Waals surface area contributed by atoms with Crippen LogP contribution in [0, 0.1) is 0 Å². The molecule has 1 atom stereocenters. The summed E-state index contributed by atoms with van der Waals surface area (Å²) in [5.74, 6) is 0. The lowest BCUT2D eigenvalue weighted by atomic mass is 9.99. The Kier molecular flexibility index (Phi) is 6.99. The molecule has 6 nitrogen and oxygen atoms in total. The van der Waals surface area contributed by atoms with Crippen molar-refractivity contribution < 1.29 is 25.5 Å². The minimum Gasteiger partial charge on any atom is -0.395 e. The molecule has 0 rings (SSSR count). The van der Waals surface area contributed by atoms with Crippen LogP contribution in [0.2, 0.25) is 0 Å². The molecule has 0 aliphatic heterocycles. The molecule has 1 unspecified atom stereocenters. The van der Waals surface area contributed by atoms with E-state index in [1.165, 1.54) is 4.90 Å². The van der Waals surface area contributed by atoms with Gasteiger partial charge >= 0.3 is 0 Å². The molecule has 0 aliphatic rings. The van der Waals surface area contributed by atoms with E-state index in [1.54, 1.807) is 6.92 Å². The van der Waals surface area contributed by atoms with Crippen molar-refractivity contribution in [2.75, 3.05) is 33.0 Å². The summed E-state index contributed by atoms with van der Waals surface area (Å²) in [4.78, 5) is 1.31. The SMILES string of the molecule is CCC(O)N(CCO)C(CO)(CO)CO. The maximum absolute atomic E-state index is 9.66. The van der Waals surface area contributed by atoms with Crippen LogP contribution in [0.4, 0.5) is 0 Å². The zero-order valence-corrected chi connectivity index (χ0v) is 9.00. The van der Waals surface area contributed by atoms with E-state index in [0.717, 1.165) is 0 Å². The molecule has 0 spiro atoms. The number of hydrogen-bond acceptors (Lipinski definition) is 6. The normalized spacial score (nSPS) is 14.6. The van der Waals surface area contributed by atoms with Crippen LogP contribution in [0.1, 0.15) is 13.3 Å². The molecule has 0 amide bonds. The Morgan fingerprint density at radius 3 is 1.80 bits per heavy atom. The quantitative estimate of drug-likeness (QED) is 0.297. The molecule has 15 heavy (non-hydrogen) atoms. The first kappa shape index (κ1) is 14.8. The van der Waals surface area contributed by atoms with Crippen molar-refractivity contribution in [2.45, 2.75) is 25.1 Å². The van der Waals surface area contributed by atoms with Crippen LogP contribution in [0.25, 0.3) is 0 Å². The van der Waals surface area contributed by atoms with E-state index in [9.17, 15) is 5.11 Å². The Hall–Kier alpha value is -0.240. The van der Waals surface area contributed by atoms with Crippen LogP contribution < -0.4 is 0 Å². The molecule has 0 aromatic carbocycles. The third-order valence-electron chi connectivity index (χ3n) is 2.56. The maximum atomic E-state index is 9.66. The van der Waals surface area contributed by atoms with Crippen molar-refractivity contribution in [3.63, 3.8) is 0 Å². The Labute approximate surface area is 89.4 Å². The van der Waals surface area contributed by atoms with E-state index in [0.29, 0.717) is 6.42 Å². The summed E-state index contributed by atoms with van der Waals surface area (Å²) in [6.07, 6.45) is -0.537. The van der Waals surface area contributed by atoms with E-state index >= 15 is 0 Å². The lowest BCUT2D eigenvalue weighted by Crippen LogP contribution is -2.61. The fourth-order valence-corrected chi connectivity index (χ4v) is 1.45. The lowest BCUT2D eigenvalue weighted by Gasteiger charge is -2.42. The molecule has 0 saturated heterocycles. The summed E-state index contributed by atoms with van der Waals surface area (Å²) in [6.45, 7) is 0.118. The number of hydrogen-bond donors (Lipinski definition) is 5. The van der Waals surface area contributed by atoms with Gasteiger partial charge in [-0.1, -0.05) is 6.92 Å². The molecule has 0 aromatic rings. The van der Waals surface area contributed by atoms with Gasteiger partial charge in [-0.3, -0.25) is 4.90 Å². The first-order valence-corrected chi connectivity index (χ1v) is 5.00. The third-order valence-corrected chi connectivity index (χ3v) is 2.56. The van der Waals surface area contributed by atoms with E-state index < -0.39 is 31.6 Å². The smallest absolute Gasteiger partial charge is 0.107 e. The van der Waals surface area contributed by atoms with Crippen LogP contribution in [-0.4, -0.2) is 75.2 Å². The molecule has 0 heterocycles. The molecule has 0 aliphatic carbocycles. The molecule has 92 valence electrons. The molecule has 5 N–H and O–H groups in total. The maximum Gasteiger partial charge on any atom is 0.107 e. The lowest BCUT2D eigenvalue weighted by molar-refractivity contribution is -0.130. The molecular formula is C9H21NO5. The summed E-state index contributed by atoms with van der Waals surface area (Å²) in [5.41, 5.74) is -1.29. The van der Waals surface area contributed by atoms with Crippen LogP contribution in [-0.2, 0) is 0 Å². The van der Waals surface area contributed by atoms with Gasteiger partial charge in [0.1, 0.15) is 6.23 Å². The standard InChI is InChI=1S/C9H21NO5/c1-2-8(15)10(3-4-11)9(5-12,6-13)7-14/h8,11-15H,2-7H2,1H3. The summed E-state index contributed by atoms with van der Waals surface area (Å²) >= 11 is 0. The van der Waals surface area contributed by atoms with Crippen LogP contribution in [0.3, 0.4) is 0 Å². The summed E-state index contributed by atoms with van der Waals surface area (Å²) in [6, 6.07) is 0. The Morgan fingerprint density at radius 2 is 1.53 bits per heavy atom. The number of rotatable bonds is 8. The molecule has 0 fully saturated rings. The molecule has 6 heteroatoms. The van der Waals surface area contributed by atoms with Crippen molar-refractivity contribution in [3.8, 4) is 0 Å². The molecule has 0 bridgehead atoms. The highest BCUT2D eigenvalue weighted by atomic mass is 16.3. The number of aliphatic hydroxyl groups excluding tert-OH is 5. The van der Waals surface area contributed by atoms with Crippen molar-refractivity contribution in [1.29, 1.82) is 0 Å². The van der Waals surface area contributed by atoms with E-state index in [2.05, 4.69) is 0 Å². The van der Waals surface area contributed by atoms with E-state index in [4.69, 9.17) is 20.4 Å². The largest absolute Gasteiger partial charge is 0.395 e. The summed E-state index contributed by atoms with van der Waals surface area (Å²) < 4.78 is 0. The Bertz CT molecular complexity index is 154. The monoisotopic (exact) mass is 223 g/mol. The highest BCUT2D eigenvalue weighted by Crippen LogP contribution is 2.17. The van der Waals surface area contributed by atoms with Gasteiger partial charge < -0.3 is 25.5 Å². The average molecular weight is 223 g/mol. The molecule has 0 aromatic heterocycles. The van der Waals surface area contributed by atoms with Gasteiger partial charge in [-0.25, -0.2) is 0 Å². The van der Waals surface area contributed by atoms with Gasteiger partial charge in [-0.15, -0.1) is 0 Å². The van der Waals surface area contributed by atoms with Gasteiger partial charge in [0.15, 0.2) is 0 Å². The average Bonchev–Trinajstić information content (AvgIpc) is 2.29. The van der Waals surface area contributed by atoms with Crippen molar-refractivity contribution in [3.05, 3.63) is 0 Å². The predicted octanol–water partition coefficient (Wildman–Crippen LogP) is -2.28. The van der Waals surface area contributed by atoms with Crippen molar-refractivity contribution in [1.82, 2.24) is 4.90 Å². The summed E-state index contributed by atoms with van der Waals surface area (Å²) in [5, 5.41) is 46.0. The fraction of sp³-hybridized carbons (Fsp3) is 1.00. The van der Waals surface area contributed by atoms with Gasteiger partial charge in [0.05, 0.1) is 32.0 Å². The van der Waals surface area contributed by atoms with Crippen LogP contribution in [0.5, 0.6) is 0 Å². The molecule has 0 radical (unpaired) electrons. The van der Waals surface area contributed by atoms with Gasteiger partial charge in [0.25, 0.3) is 0 Å². The predicted molar refractivity (Wildman–Crippen MR) is 54.1 cm³/mol. The van der Waals surface area contributed by atoms with Gasteiger partial charge in [0.2, 0.25) is 0 Å². The number of β-amino-alcohol motifs (C(OH)–C–C–N with tert-alkyl or cyclic N) is 1. The summed E-state index contributed by atoms with van der Waals surface area (Å²) in [7, 11) is 0. The van der Waals surface area contributed by atoms with Crippen LogP contribution >= 0.6 is 0 Å². The second kappa shape index (κ2) is 7.10. The second-order valence-electron chi connectivity index (χ2n) is 3.50. The first-order chi connectivity index (χ1) is 7.11. The van der Waals surface area contributed by atoms with Crippen molar-refractivity contribution >= 4 is 0 Å². The van der Waals surface area contributed by atoms with Crippen LogP contribution in [0.15, 0.2) is 0 Å². The Morgan fingerprint density at radius 1 is 1.07 bits per heavy atom. The van der Waals surface area contributed by atoms with Gasteiger partial charge in [-0.2, -0.15) is 0 Å². The Balaban J connectivity index is 4.81. The number of nitrogens with zero attached hydrogens (tertiary/aromatic N) is 1.